The molecular weight excluding hydrogens is 250 g/mol. The molecule has 0 unspecified atom stereocenters. The largest absolute Gasteiger partial charge is 0.384 e. The normalized spacial score (nSPS) is 9.39. The quantitative estimate of drug-likeness (QED) is 0.793. The summed E-state index contributed by atoms with van der Waals surface area (Å²) in [5.74, 6) is 5.24. The first kappa shape index (κ1) is 12.2. The molecule has 90 valence electrons. The van der Waals surface area contributed by atoms with Crippen molar-refractivity contribution in [3.05, 3.63) is 40.3 Å². The average molecular weight is 259 g/mol. The van der Waals surface area contributed by atoms with Crippen LogP contribution in [0.4, 0.5) is 5.95 Å². The molecule has 0 aliphatic rings. The number of aliphatic hydroxyl groups excluding tert-OH is 1. The fourth-order valence-corrected chi connectivity index (χ4v) is 1.94. The zero-order valence-electron chi connectivity index (χ0n) is 9.25. The summed E-state index contributed by atoms with van der Waals surface area (Å²) in [6.07, 6.45) is 3.10. The molecule has 6 heteroatoms. The van der Waals surface area contributed by atoms with E-state index < -0.39 is 0 Å². The summed E-state index contributed by atoms with van der Waals surface area (Å²) in [6.45, 7) is -0.197. The maximum Gasteiger partial charge on any atom is 0.258 e. The standard InChI is InChI=1S/C12H9N3O2S/c16-6-1-3-10-7-9(8-18-10)11(17)15-12-13-4-2-5-14-12/h2,4-5,7-8,16H,6H2,(H,13,14,15,17). The Morgan fingerprint density at radius 1 is 1.44 bits per heavy atom. The minimum atomic E-state index is -0.283. The predicted molar refractivity (Wildman–Crippen MR) is 68.3 cm³/mol. The van der Waals surface area contributed by atoms with Crippen LogP contribution in [0.3, 0.4) is 0 Å². The third-order valence-electron chi connectivity index (χ3n) is 1.94. The molecule has 5 nitrogen and oxygen atoms in total. The van der Waals surface area contributed by atoms with Crippen molar-refractivity contribution in [2.24, 2.45) is 0 Å². The second-order valence-corrected chi connectivity index (χ2v) is 4.10. The van der Waals surface area contributed by atoms with E-state index in [0.717, 1.165) is 4.88 Å². The molecule has 0 radical (unpaired) electrons. The van der Waals surface area contributed by atoms with E-state index in [2.05, 4.69) is 27.1 Å². The van der Waals surface area contributed by atoms with Gasteiger partial charge in [0, 0.05) is 17.8 Å². The van der Waals surface area contributed by atoms with Gasteiger partial charge in [0.05, 0.1) is 10.4 Å². The molecule has 0 bridgehead atoms. The lowest BCUT2D eigenvalue weighted by Gasteiger charge is -1.99. The third kappa shape index (κ3) is 3.13. The molecule has 2 heterocycles. The molecular formula is C12H9N3O2S. The first-order chi connectivity index (χ1) is 8.79. The molecule has 2 aromatic rings. The highest BCUT2D eigenvalue weighted by atomic mass is 32.1. The summed E-state index contributed by atoms with van der Waals surface area (Å²) >= 11 is 1.34. The number of hydrogen-bond donors (Lipinski definition) is 2. The van der Waals surface area contributed by atoms with Gasteiger partial charge in [-0.2, -0.15) is 0 Å². The van der Waals surface area contributed by atoms with Gasteiger partial charge in [-0.1, -0.05) is 11.8 Å². The number of carbonyl (C=O) groups is 1. The Morgan fingerprint density at radius 2 is 2.22 bits per heavy atom. The fourth-order valence-electron chi connectivity index (χ4n) is 1.18. The van der Waals surface area contributed by atoms with Gasteiger partial charge in [0.1, 0.15) is 6.61 Å². The van der Waals surface area contributed by atoms with Gasteiger partial charge >= 0.3 is 0 Å². The lowest BCUT2D eigenvalue weighted by Crippen LogP contribution is -2.12. The number of aliphatic hydroxyl groups is 1. The maximum absolute atomic E-state index is 11.8. The first-order valence-corrected chi connectivity index (χ1v) is 5.94. The minimum absolute atomic E-state index is 0.197. The topological polar surface area (TPSA) is 75.1 Å². The van der Waals surface area contributed by atoms with E-state index in [1.807, 2.05) is 0 Å². The van der Waals surface area contributed by atoms with Crippen LogP contribution in [0.2, 0.25) is 0 Å². The number of anilines is 1. The number of hydrogen-bond acceptors (Lipinski definition) is 5. The Morgan fingerprint density at radius 3 is 2.94 bits per heavy atom. The van der Waals surface area contributed by atoms with Gasteiger partial charge in [-0.25, -0.2) is 9.97 Å². The van der Waals surface area contributed by atoms with Gasteiger partial charge in [0.25, 0.3) is 5.91 Å². The summed E-state index contributed by atoms with van der Waals surface area (Å²) in [5, 5.41) is 12.8. The summed E-state index contributed by atoms with van der Waals surface area (Å²) in [6, 6.07) is 3.33. The average Bonchev–Trinajstić information content (AvgIpc) is 2.86. The molecule has 0 spiro atoms. The summed E-state index contributed by atoms with van der Waals surface area (Å²) in [4.78, 5) is 20.3. The Balaban J connectivity index is 2.08. The summed E-state index contributed by atoms with van der Waals surface area (Å²) in [5.41, 5.74) is 0.495. The molecule has 1 amide bonds. The molecule has 18 heavy (non-hydrogen) atoms. The van der Waals surface area contributed by atoms with Gasteiger partial charge < -0.3 is 5.11 Å². The van der Waals surface area contributed by atoms with Crippen molar-refractivity contribution in [2.45, 2.75) is 0 Å². The van der Waals surface area contributed by atoms with Crippen molar-refractivity contribution in [1.29, 1.82) is 0 Å². The van der Waals surface area contributed by atoms with E-state index in [1.54, 1.807) is 29.9 Å². The van der Waals surface area contributed by atoms with Crippen LogP contribution >= 0.6 is 11.3 Å². The van der Waals surface area contributed by atoms with Crippen molar-refractivity contribution < 1.29 is 9.90 Å². The minimum Gasteiger partial charge on any atom is -0.384 e. The lowest BCUT2D eigenvalue weighted by molar-refractivity contribution is 0.102. The number of rotatable bonds is 2. The van der Waals surface area contributed by atoms with E-state index in [4.69, 9.17) is 5.11 Å². The summed E-state index contributed by atoms with van der Waals surface area (Å²) < 4.78 is 0. The van der Waals surface area contributed by atoms with Gasteiger partial charge in [-0.05, 0) is 12.1 Å². The molecule has 0 saturated carbocycles. The van der Waals surface area contributed by atoms with Crippen LogP contribution in [0.25, 0.3) is 0 Å². The number of nitrogens with zero attached hydrogens (tertiary/aromatic N) is 2. The fraction of sp³-hybridized carbons (Fsp3) is 0.0833. The number of carbonyl (C=O) groups excluding carboxylic acids is 1. The number of aromatic nitrogens is 2. The van der Waals surface area contributed by atoms with Crippen molar-refractivity contribution in [3.63, 3.8) is 0 Å². The second kappa shape index (κ2) is 5.91. The highest BCUT2D eigenvalue weighted by Crippen LogP contribution is 2.14. The Kier molecular flexibility index (Phi) is 4.02. The Bertz CT molecular complexity index is 599. The lowest BCUT2D eigenvalue weighted by atomic mass is 10.3. The smallest absolute Gasteiger partial charge is 0.258 e. The zero-order valence-corrected chi connectivity index (χ0v) is 10.1. The van der Waals surface area contributed by atoms with Crippen LogP contribution < -0.4 is 5.32 Å². The molecule has 2 N–H and O–H groups in total. The molecule has 0 saturated heterocycles. The number of amides is 1. The molecule has 0 aliphatic carbocycles. The van der Waals surface area contributed by atoms with Gasteiger partial charge in [0.15, 0.2) is 0 Å². The van der Waals surface area contributed by atoms with E-state index >= 15 is 0 Å². The van der Waals surface area contributed by atoms with E-state index in [-0.39, 0.29) is 18.5 Å². The van der Waals surface area contributed by atoms with E-state index in [0.29, 0.717) is 5.56 Å². The second-order valence-electron chi connectivity index (χ2n) is 3.19. The third-order valence-corrected chi connectivity index (χ3v) is 2.79. The maximum atomic E-state index is 11.8. The highest BCUT2D eigenvalue weighted by Gasteiger charge is 2.09. The molecule has 0 aromatic carbocycles. The first-order valence-electron chi connectivity index (χ1n) is 5.06. The molecule has 0 aliphatic heterocycles. The molecule has 0 fully saturated rings. The van der Waals surface area contributed by atoms with Gasteiger partial charge in [-0.15, -0.1) is 11.3 Å². The van der Waals surface area contributed by atoms with Crippen molar-refractivity contribution >= 4 is 23.2 Å². The zero-order chi connectivity index (χ0) is 12.8. The van der Waals surface area contributed by atoms with Crippen LogP contribution in [-0.4, -0.2) is 27.6 Å². The van der Waals surface area contributed by atoms with Gasteiger partial charge in [-0.3, -0.25) is 10.1 Å². The summed E-state index contributed by atoms with van der Waals surface area (Å²) in [7, 11) is 0. The van der Waals surface area contributed by atoms with Crippen LogP contribution in [0.15, 0.2) is 29.9 Å². The van der Waals surface area contributed by atoms with E-state index in [1.165, 1.54) is 11.3 Å². The highest BCUT2D eigenvalue weighted by molar-refractivity contribution is 7.10. The van der Waals surface area contributed by atoms with Crippen molar-refractivity contribution in [2.75, 3.05) is 11.9 Å². The molecule has 0 atom stereocenters. The predicted octanol–water partition coefficient (Wildman–Crippen LogP) is 1.13. The SMILES string of the molecule is O=C(Nc1ncccn1)c1csc(C#CCO)c1. The molecule has 2 rings (SSSR count). The van der Waals surface area contributed by atoms with Crippen LogP contribution in [0, 0.1) is 11.8 Å². The van der Waals surface area contributed by atoms with Crippen LogP contribution in [-0.2, 0) is 0 Å². The van der Waals surface area contributed by atoms with E-state index in [9.17, 15) is 4.79 Å². The van der Waals surface area contributed by atoms with Crippen LogP contribution in [0.5, 0.6) is 0 Å². The number of thiophene rings is 1. The Labute approximate surface area is 108 Å². The molecule has 2 aromatic heterocycles. The monoisotopic (exact) mass is 259 g/mol. The van der Waals surface area contributed by atoms with Crippen molar-refractivity contribution in [1.82, 2.24) is 9.97 Å². The number of nitrogens with one attached hydrogen (secondary N) is 1. The van der Waals surface area contributed by atoms with Crippen LogP contribution in [0.1, 0.15) is 15.2 Å². The Hall–Kier alpha value is -2.23. The van der Waals surface area contributed by atoms with Gasteiger partial charge in [0.2, 0.25) is 5.95 Å². The van der Waals surface area contributed by atoms with Crippen molar-refractivity contribution in [3.8, 4) is 11.8 Å².